The Labute approximate surface area is 157 Å². The minimum absolute atomic E-state index is 0.113. The zero-order valence-electron chi connectivity index (χ0n) is 14.8. The standard InChI is InChI=1S/C21H24N2O2S/c24-20(23-19-12-3-6-14(7-4-12)21(19)11-22-21)17-10-13-5-8-16-15(18(13)26-17)2-1-9-25-16/h5,8,10,12,14,19,22H,1-4,6-7,9,11H2,(H,23,24)/t12?,14?,19?,21-/m0/s1. The molecule has 7 rings (SSSR count). The number of amides is 1. The second kappa shape index (κ2) is 5.46. The van der Waals surface area contributed by atoms with Crippen LogP contribution in [0.3, 0.4) is 0 Å². The Balaban J connectivity index is 1.31. The lowest BCUT2D eigenvalue weighted by Crippen LogP contribution is -2.60. The smallest absolute Gasteiger partial charge is 0.261 e. The molecule has 1 saturated heterocycles. The van der Waals surface area contributed by atoms with Gasteiger partial charge in [0.25, 0.3) is 5.91 Å². The molecule has 5 heteroatoms. The van der Waals surface area contributed by atoms with Gasteiger partial charge in [-0.2, -0.15) is 0 Å². The minimum atomic E-state index is 0.113. The van der Waals surface area contributed by atoms with E-state index in [-0.39, 0.29) is 11.4 Å². The summed E-state index contributed by atoms with van der Waals surface area (Å²) in [7, 11) is 0. The number of nitrogens with one attached hydrogen (secondary N) is 2. The van der Waals surface area contributed by atoms with Crippen LogP contribution in [-0.2, 0) is 6.42 Å². The summed E-state index contributed by atoms with van der Waals surface area (Å²) in [5.41, 5.74) is 1.50. The highest BCUT2D eigenvalue weighted by molar-refractivity contribution is 7.21. The van der Waals surface area contributed by atoms with E-state index in [2.05, 4.69) is 28.8 Å². The summed E-state index contributed by atoms with van der Waals surface area (Å²) in [4.78, 5) is 13.9. The predicted molar refractivity (Wildman–Crippen MR) is 103 cm³/mol. The molecule has 2 atom stereocenters. The Hall–Kier alpha value is -1.59. The highest BCUT2D eigenvalue weighted by atomic mass is 32.1. The van der Waals surface area contributed by atoms with E-state index in [1.807, 2.05) is 0 Å². The first-order valence-electron chi connectivity index (χ1n) is 9.99. The lowest BCUT2D eigenvalue weighted by atomic mass is 9.61. The molecule has 4 nitrogen and oxygen atoms in total. The summed E-state index contributed by atoms with van der Waals surface area (Å²) in [5, 5.41) is 8.24. The number of aryl methyl sites for hydroxylation is 1. The van der Waals surface area contributed by atoms with Crippen molar-refractivity contribution in [3.8, 4) is 5.75 Å². The normalized spacial score (nSPS) is 34.5. The Morgan fingerprint density at radius 3 is 2.92 bits per heavy atom. The number of hydrogen-bond donors (Lipinski definition) is 2. The number of fused-ring (bicyclic) bond motifs is 5. The van der Waals surface area contributed by atoms with Crippen molar-refractivity contribution in [1.82, 2.24) is 10.6 Å². The van der Waals surface area contributed by atoms with Gasteiger partial charge >= 0.3 is 0 Å². The van der Waals surface area contributed by atoms with Crippen LogP contribution in [0.5, 0.6) is 5.75 Å². The third-order valence-electron chi connectivity index (χ3n) is 7.20. The minimum Gasteiger partial charge on any atom is -0.493 e. The Morgan fingerprint density at radius 2 is 2.12 bits per heavy atom. The average Bonchev–Trinajstić information content (AvgIpc) is 3.33. The molecule has 1 aromatic carbocycles. The second-order valence-corrected chi connectivity index (χ2v) is 9.53. The summed E-state index contributed by atoms with van der Waals surface area (Å²) >= 11 is 1.64. The zero-order valence-corrected chi connectivity index (χ0v) is 15.7. The van der Waals surface area contributed by atoms with Gasteiger partial charge in [0.15, 0.2) is 0 Å². The molecule has 26 heavy (non-hydrogen) atoms. The van der Waals surface area contributed by atoms with Gasteiger partial charge in [-0.3, -0.25) is 4.79 Å². The molecule has 3 saturated carbocycles. The van der Waals surface area contributed by atoms with Crippen LogP contribution in [0.1, 0.15) is 47.3 Å². The maximum Gasteiger partial charge on any atom is 0.261 e. The van der Waals surface area contributed by atoms with Crippen molar-refractivity contribution in [2.75, 3.05) is 13.2 Å². The Bertz CT molecular complexity index is 893. The van der Waals surface area contributed by atoms with Crippen LogP contribution in [-0.4, -0.2) is 30.6 Å². The van der Waals surface area contributed by atoms with Gasteiger partial charge in [-0.1, -0.05) is 0 Å². The Morgan fingerprint density at radius 1 is 1.27 bits per heavy atom. The number of carbonyl (C=O) groups is 1. The van der Waals surface area contributed by atoms with E-state index in [4.69, 9.17) is 4.74 Å². The lowest BCUT2D eigenvalue weighted by molar-refractivity contribution is 0.0637. The maximum absolute atomic E-state index is 13.1. The van der Waals surface area contributed by atoms with Crippen molar-refractivity contribution < 1.29 is 9.53 Å². The first-order chi connectivity index (χ1) is 12.7. The molecule has 2 aliphatic heterocycles. The molecule has 2 N–H and O–H groups in total. The molecule has 5 aliphatic rings. The molecule has 1 aromatic heterocycles. The monoisotopic (exact) mass is 368 g/mol. The van der Waals surface area contributed by atoms with Gasteiger partial charge < -0.3 is 15.4 Å². The first kappa shape index (κ1) is 15.5. The van der Waals surface area contributed by atoms with E-state index in [1.54, 1.807) is 11.3 Å². The van der Waals surface area contributed by atoms with Gasteiger partial charge in [0.2, 0.25) is 0 Å². The van der Waals surface area contributed by atoms with Crippen LogP contribution >= 0.6 is 11.3 Å². The van der Waals surface area contributed by atoms with Crippen LogP contribution in [0.15, 0.2) is 18.2 Å². The van der Waals surface area contributed by atoms with Crippen LogP contribution in [0.4, 0.5) is 0 Å². The van der Waals surface area contributed by atoms with Crippen LogP contribution in [0.2, 0.25) is 0 Å². The molecule has 4 fully saturated rings. The number of rotatable bonds is 2. The molecule has 3 heterocycles. The largest absolute Gasteiger partial charge is 0.493 e. The third kappa shape index (κ3) is 2.13. The van der Waals surface area contributed by atoms with Crippen LogP contribution in [0.25, 0.3) is 10.1 Å². The molecular formula is C21H24N2O2S. The Kier molecular flexibility index (Phi) is 3.25. The van der Waals surface area contributed by atoms with Gasteiger partial charge in [-0.25, -0.2) is 0 Å². The molecule has 136 valence electrons. The van der Waals surface area contributed by atoms with E-state index < -0.39 is 0 Å². The van der Waals surface area contributed by atoms with Crippen molar-refractivity contribution in [3.05, 3.63) is 28.6 Å². The fourth-order valence-electron chi connectivity index (χ4n) is 5.77. The molecule has 1 unspecified atom stereocenters. The van der Waals surface area contributed by atoms with Crippen molar-refractivity contribution >= 4 is 27.3 Å². The molecule has 2 aromatic rings. The van der Waals surface area contributed by atoms with Gasteiger partial charge in [0, 0.05) is 16.8 Å². The molecule has 1 amide bonds. The maximum atomic E-state index is 13.1. The summed E-state index contributed by atoms with van der Waals surface area (Å²) < 4.78 is 7.02. The molecule has 2 bridgehead atoms. The highest BCUT2D eigenvalue weighted by Gasteiger charge is 2.61. The summed E-state index contributed by atoms with van der Waals surface area (Å²) in [5.74, 6) is 2.52. The second-order valence-electron chi connectivity index (χ2n) is 8.48. The van der Waals surface area contributed by atoms with E-state index in [9.17, 15) is 4.79 Å². The average molecular weight is 369 g/mol. The fourth-order valence-corrected chi connectivity index (χ4v) is 6.90. The number of thiophene rings is 1. The first-order valence-corrected chi connectivity index (χ1v) is 10.8. The van der Waals surface area contributed by atoms with Crippen LogP contribution in [0, 0.1) is 11.8 Å². The predicted octanol–water partition coefficient (Wildman–Crippen LogP) is 3.49. The lowest BCUT2D eigenvalue weighted by Gasteiger charge is -2.48. The quantitative estimate of drug-likeness (QED) is 0.798. The SMILES string of the molecule is O=C(NC1C2CCC(CC2)[C@@]12CN2)c1cc2ccc3c(c2s1)CCCO3. The van der Waals surface area contributed by atoms with Crippen molar-refractivity contribution in [3.63, 3.8) is 0 Å². The van der Waals surface area contributed by atoms with E-state index >= 15 is 0 Å². The van der Waals surface area contributed by atoms with Gasteiger partial charge in [0.05, 0.1) is 23.1 Å². The number of ether oxygens (including phenoxy) is 1. The molecule has 3 aliphatic carbocycles. The van der Waals surface area contributed by atoms with Gasteiger partial charge in [0.1, 0.15) is 5.75 Å². The van der Waals surface area contributed by atoms with Crippen molar-refractivity contribution in [2.24, 2.45) is 11.8 Å². The number of hydrogen-bond acceptors (Lipinski definition) is 4. The van der Waals surface area contributed by atoms with Crippen molar-refractivity contribution in [2.45, 2.75) is 50.1 Å². The summed E-state index contributed by atoms with van der Waals surface area (Å²) in [6, 6.07) is 6.54. The summed E-state index contributed by atoms with van der Waals surface area (Å²) in [6.07, 6.45) is 7.32. The van der Waals surface area contributed by atoms with Gasteiger partial charge in [-0.05, 0) is 73.9 Å². The molecular weight excluding hydrogens is 344 g/mol. The van der Waals surface area contributed by atoms with Crippen LogP contribution < -0.4 is 15.4 Å². The van der Waals surface area contributed by atoms with E-state index in [0.717, 1.165) is 42.5 Å². The third-order valence-corrected chi connectivity index (χ3v) is 8.41. The molecule has 0 radical (unpaired) electrons. The molecule has 1 spiro atoms. The van der Waals surface area contributed by atoms with E-state index in [0.29, 0.717) is 12.0 Å². The van der Waals surface area contributed by atoms with Gasteiger partial charge in [-0.15, -0.1) is 11.3 Å². The highest BCUT2D eigenvalue weighted by Crippen LogP contribution is 2.51. The fraction of sp³-hybridized carbons (Fsp3) is 0.571. The van der Waals surface area contributed by atoms with Crippen molar-refractivity contribution in [1.29, 1.82) is 0 Å². The van der Waals surface area contributed by atoms with E-state index in [1.165, 1.54) is 41.3 Å². The zero-order chi connectivity index (χ0) is 17.3. The topological polar surface area (TPSA) is 60.3 Å². The number of carbonyl (C=O) groups excluding carboxylic acids is 1. The summed E-state index contributed by atoms with van der Waals surface area (Å²) in [6.45, 7) is 1.88. The number of benzene rings is 1.